The molecule has 2 aromatic rings. The molecule has 1 aliphatic heterocycles. The number of carbonyl (C=O) groups is 1. The summed E-state index contributed by atoms with van der Waals surface area (Å²) in [6.45, 7) is 3.87. The second-order valence-electron chi connectivity index (χ2n) is 5.92. The van der Waals surface area contributed by atoms with E-state index in [1.165, 1.54) is 0 Å². The van der Waals surface area contributed by atoms with Crippen molar-refractivity contribution in [2.45, 2.75) is 32.4 Å². The molecule has 0 saturated carbocycles. The maximum Gasteiger partial charge on any atom is 0.264 e. The Morgan fingerprint density at radius 3 is 2.96 bits per heavy atom. The number of oxime groups is 1. The van der Waals surface area contributed by atoms with Gasteiger partial charge in [0.1, 0.15) is 0 Å². The quantitative estimate of drug-likeness (QED) is 0.872. The number of nitrogens with one attached hydrogen (secondary N) is 1. The maximum atomic E-state index is 12.4. The van der Waals surface area contributed by atoms with Crippen LogP contribution in [0.5, 0.6) is 0 Å². The van der Waals surface area contributed by atoms with Gasteiger partial charge >= 0.3 is 0 Å². The van der Waals surface area contributed by atoms with Gasteiger partial charge in [0.05, 0.1) is 17.4 Å². The van der Waals surface area contributed by atoms with Gasteiger partial charge in [-0.05, 0) is 26.0 Å². The molecule has 0 saturated heterocycles. The van der Waals surface area contributed by atoms with E-state index in [9.17, 15) is 4.79 Å². The first-order valence-corrected chi connectivity index (χ1v) is 8.52. The van der Waals surface area contributed by atoms with Crippen LogP contribution in [-0.2, 0) is 16.7 Å². The monoisotopic (exact) mass is 390 g/mol. The predicted molar refractivity (Wildman–Crippen MR) is 94.7 cm³/mol. The fourth-order valence-corrected chi connectivity index (χ4v) is 3.18. The molecule has 1 aliphatic rings. The fraction of sp³-hybridized carbons (Fsp3) is 0.353. The Morgan fingerprint density at radius 1 is 1.50 bits per heavy atom. The van der Waals surface area contributed by atoms with Crippen molar-refractivity contribution in [3.05, 3.63) is 51.8 Å². The largest absolute Gasteiger partial charge is 0.382 e. The Labute approximate surface area is 149 Å². The van der Waals surface area contributed by atoms with E-state index < -0.39 is 6.10 Å². The number of aryl methyl sites for hydroxylation is 2. The maximum absolute atomic E-state index is 12.4. The van der Waals surface area contributed by atoms with Crippen LogP contribution < -0.4 is 5.32 Å². The highest BCUT2D eigenvalue weighted by molar-refractivity contribution is 9.10. The number of hydrogen-bond donors (Lipinski definition) is 1. The zero-order valence-electron chi connectivity index (χ0n) is 13.8. The smallest absolute Gasteiger partial charge is 0.264 e. The second-order valence-corrected chi connectivity index (χ2v) is 6.84. The number of carbonyl (C=O) groups excluding carboxylic acids is 1. The van der Waals surface area contributed by atoms with Crippen molar-refractivity contribution in [1.82, 2.24) is 15.1 Å². The first kappa shape index (κ1) is 16.7. The van der Waals surface area contributed by atoms with E-state index in [1.807, 2.05) is 51.4 Å². The molecular formula is C17H19BrN4O2. The van der Waals surface area contributed by atoms with Crippen molar-refractivity contribution in [3.8, 4) is 0 Å². The number of aromatic nitrogens is 2. The van der Waals surface area contributed by atoms with Crippen LogP contribution in [0.25, 0.3) is 0 Å². The minimum absolute atomic E-state index is 0.135. The molecule has 2 heterocycles. The van der Waals surface area contributed by atoms with Crippen molar-refractivity contribution in [1.29, 1.82) is 0 Å². The zero-order valence-corrected chi connectivity index (χ0v) is 15.4. The fourth-order valence-electron chi connectivity index (χ4n) is 2.78. The molecule has 126 valence electrons. The molecule has 1 aromatic heterocycles. The SMILES string of the molecule is Cc1nn(C)cc1C(C)NC(=O)C1CC(c2cccc(Br)c2)=NO1. The lowest BCUT2D eigenvalue weighted by atomic mass is 10.0. The van der Waals surface area contributed by atoms with E-state index in [0.29, 0.717) is 6.42 Å². The van der Waals surface area contributed by atoms with Crippen LogP contribution in [0.15, 0.2) is 40.1 Å². The lowest BCUT2D eigenvalue weighted by Gasteiger charge is -2.15. The summed E-state index contributed by atoms with van der Waals surface area (Å²) in [5, 5.41) is 11.3. The molecule has 1 aromatic carbocycles. The van der Waals surface area contributed by atoms with E-state index in [1.54, 1.807) is 4.68 Å². The Morgan fingerprint density at radius 2 is 2.29 bits per heavy atom. The summed E-state index contributed by atoms with van der Waals surface area (Å²) in [6.07, 6.45) is 1.78. The number of benzene rings is 1. The van der Waals surface area contributed by atoms with Gasteiger partial charge in [0.15, 0.2) is 0 Å². The van der Waals surface area contributed by atoms with Crippen LogP contribution in [0.4, 0.5) is 0 Å². The first-order chi connectivity index (χ1) is 11.4. The van der Waals surface area contributed by atoms with Gasteiger partial charge in [0.2, 0.25) is 6.10 Å². The standard InChI is InChI=1S/C17H19BrN4O2/c1-10(14-9-22(3)20-11(14)2)19-17(23)16-8-15(21-24-16)12-5-4-6-13(18)7-12/h4-7,9-10,16H,8H2,1-3H3,(H,19,23). The molecule has 2 atom stereocenters. The highest BCUT2D eigenvalue weighted by Crippen LogP contribution is 2.21. The van der Waals surface area contributed by atoms with Crippen LogP contribution in [0, 0.1) is 6.92 Å². The van der Waals surface area contributed by atoms with Crippen LogP contribution in [-0.4, -0.2) is 27.5 Å². The van der Waals surface area contributed by atoms with Crippen LogP contribution in [0.2, 0.25) is 0 Å². The molecule has 0 bridgehead atoms. The van der Waals surface area contributed by atoms with E-state index in [4.69, 9.17) is 4.84 Å². The van der Waals surface area contributed by atoms with Crippen molar-refractivity contribution >= 4 is 27.5 Å². The predicted octanol–water partition coefficient (Wildman–Crippen LogP) is 2.86. The minimum Gasteiger partial charge on any atom is -0.382 e. The summed E-state index contributed by atoms with van der Waals surface area (Å²) in [5.41, 5.74) is 3.64. The number of nitrogens with zero attached hydrogens (tertiary/aromatic N) is 3. The summed E-state index contributed by atoms with van der Waals surface area (Å²) in [4.78, 5) is 17.8. The molecule has 2 unspecified atom stereocenters. The molecule has 3 rings (SSSR count). The molecule has 1 N–H and O–H groups in total. The van der Waals surface area contributed by atoms with E-state index in [2.05, 4.69) is 31.5 Å². The highest BCUT2D eigenvalue weighted by atomic mass is 79.9. The molecule has 0 fully saturated rings. The summed E-state index contributed by atoms with van der Waals surface area (Å²) >= 11 is 3.44. The molecule has 0 radical (unpaired) electrons. The average molecular weight is 391 g/mol. The highest BCUT2D eigenvalue weighted by Gasteiger charge is 2.30. The summed E-state index contributed by atoms with van der Waals surface area (Å²) in [7, 11) is 1.86. The Balaban J connectivity index is 1.62. The average Bonchev–Trinajstić information content (AvgIpc) is 3.14. The van der Waals surface area contributed by atoms with Gasteiger partial charge in [0.25, 0.3) is 5.91 Å². The van der Waals surface area contributed by atoms with E-state index in [-0.39, 0.29) is 11.9 Å². The van der Waals surface area contributed by atoms with Crippen molar-refractivity contribution < 1.29 is 9.63 Å². The topological polar surface area (TPSA) is 68.5 Å². The second kappa shape index (κ2) is 6.76. The zero-order chi connectivity index (χ0) is 17.3. The third-order valence-corrected chi connectivity index (χ3v) is 4.49. The number of hydrogen-bond acceptors (Lipinski definition) is 4. The van der Waals surface area contributed by atoms with Gasteiger partial charge in [0, 0.05) is 35.3 Å². The lowest BCUT2D eigenvalue weighted by molar-refractivity contribution is -0.131. The van der Waals surface area contributed by atoms with Gasteiger partial charge < -0.3 is 10.2 Å². The van der Waals surface area contributed by atoms with Crippen molar-refractivity contribution in [3.63, 3.8) is 0 Å². The molecule has 24 heavy (non-hydrogen) atoms. The van der Waals surface area contributed by atoms with Gasteiger partial charge in [-0.15, -0.1) is 0 Å². The molecule has 1 amide bonds. The van der Waals surface area contributed by atoms with E-state index >= 15 is 0 Å². The lowest BCUT2D eigenvalue weighted by Crippen LogP contribution is -2.36. The summed E-state index contributed by atoms with van der Waals surface area (Å²) < 4.78 is 2.71. The minimum atomic E-state index is -0.599. The van der Waals surface area contributed by atoms with E-state index in [0.717, 1.165) is 27.0 Å². The normalized spacial score (nSPS) is 18.0. The molecule has 0 spiro atoms. The van der Waals surface area contributed by atoms with Crippen molar-refractivity contribution in [2.24, 2.45) is 12.2 Å². The van der Waals surface area contributed by atoms with Gasteiger partial charge in [-0.3, -0.25) is 9.48 Å². The third kappa shape index (κ3) is 3.51. The van der Waals surface area contributed by atoms with Gasteiger partial charge in [-0.2, -0.15) is 5.10 Å². The molecular weight excluding hydrogens is 372 g/mol. The van der Waals surface area contributed by atoms with Crippen molar-refractivity contribution in [2.75, 3.05) is 0 Å². The summed E-state index contributed by atoms with van der Waals surface area (Å²) in [5.74, 6) is -0.167. The van der Waals surface area contributed by atoms with Crippen LogP contribution in [0.3, 0.4) is 0 Å². The Bertz CT molecular complexity index is 800. The Kier molecular flexibility index (Phi) is 4.71. The Hall–Kier alpha value is -2.15. The van der Waals surface area contributed by atoms with Crippen LogP contribution >= 0.6 is 15.9 Å². The third-order valence-electron chi connectivity index (χ3n) is 4.00. The van der Waals surface area contributed by atoms with Gasteiger partial charge in [-0.1, -0.05) is 33.2 Å². The molecule has 7 heteroatoms. The summed E-state index contributed by atoms with van der Waals surface area (Å²) in [6, 6.07) is 7.66. The first-order valence-electron chi connectivity index (χ1n) is 7.73. The van der Waals surface area contributed by atoms with Crippen LogP contribution in [0.1, 0.15) is 36.2 Å². The number of rotatable bonds is 4. The number of amides is 1. The van der Waals surface area contributed by atoms with Gasteiger partial charge in [-0.25, -0.2) is 0 Å². The molecule has 6 nitrogen and oxygen atoms in total. The number of halogens is 1. The molecule has 0 aliphatic carbocycles.